The number of hydrogen-bond acceptors (Lipinski definition) is 4. The van der Waals surface area contributed by atoms with Gasteiger partial charge in [-0.25, -0.2) is 0 Å². The van der Waals surface area contributed by atoms with Crippen LogP contribution in [0.15, 0.2) is 16.7 Å². The SMILES string of the molecule is CC1CN(Cc2cc(CNC3CC3)co2)CCO1. The monoisotopic (exact) mass is 250 g/mol. The molecule has 1 unspecified atom stereocenters. The maximum absolute atomic E-state index is 5.63. The third kappa shape index (κ3) is 3.34. The van der Waals surface area contributed by atoms with Crippen LogP contribution in [0.3, 0.4) is 0 Å². The third-order valence-corrected chi connectivity index (χ3v) is 3.58. The lowest BCUT2D eigenvalue weighted by molar-refractivity contribution is -0.0230. The molecule has 0 aromatic carbocycles. The zero-order valence-corrected chi connectivity index (χ0v) is 11.0. The number of furan rings is 1. The van der Waals surface area contributed by atoms with Crippen LogP contribution in [0.1, 0.15) is 31.1 Å². The molecule has 100 valence electrons. The second-order valence-corrected chi connectivity index (χ2v) is 5.49. The summed E-state index contributed by atoms with van der Waals surface area (Å²) in [6, 6.07) is 2.93. The lowest BCUT2D eigenvalue weighted by Crippen LogP contribution is -2.40. The van der Waals surface area contributed by atoms with E-state index < -0.39 is 0 Å². The first kappa shape index (κ1) is 12.2. The molecule has 1 aliphatic carbocycles. The van der Waals surface area contributed by atoms with Crippen molar-refractivity contribution in [3.63, 3.8) is 0 Å². The minimum atomic E-state index is 0.338. The van der Waals surface area contributed by atoms with E-state index >= 15 is 0 Å². The molecule has 1 aliphatic heterocycles. The standard InChI is InChI=1S/C14H22N2O2/c1-11-8-16(4-5-17-11)9-14-6-12(10-18-14)7-15-13-2-3-13/h6,10-11,13,15H,2-5,7-9H2,1H3. The van der Waals surface area contributed by atoms with Gasteiger partial charge in [-0.2, -0.15) is 0 Å². The second-order valence-electron chi connectivity index (χ2n) is 5.49. The molecule has 0 radical (unpaired) electrons. The van der Waals surface area contributed by atoms with E-state index in [9.17, 15) is 0 Å². The van der Waals surface area contributed by atoms with Crippen molar-refractivity contribution in [2.75, 3.05) is 19.7 Å². The smallest absolute Gasteiger partial charge is 0.118 e. The Morgan fingerprint density at radius 2 is 2.33 bits per heavy atom. The van der Waals surface area contributed by atoms with Gasteiger partial charge in [0.1, 0.15) is 5.76 Å². The van der Waals surface area contributed by atoms with Crippen molar-refractivity contribution < 1.29 is 9.15 Å². The lowest BCUT2D eigenvalue weighted by Gasteiger charge is -2.30. The molecule has 2 heterocycles. The van der Waals surface area contributed by atoms with Gasteiger partial charge in [-0.15, -0.1) is 0 Å². The van der Waals surface area contributed by atoms with Gasteiger partial charge in [-0.3, -0.25) is 4.90 Å². The summed E-state index contributed by atoms with van der Waals surface area (Å²) < 4.78 is 11.2. The number of morpholine rings is 1. The predicted molar refractivity (Wildman–Crippen MR) is 69.3 cm³/mol. The van der Waals surface area contributed by atoms with Crippen LogP contribution >= 0.6 is 0 Å². The maximum atomic E-state index is 5.63. The summed E-state index contributed by atoms with van der Waals surface area (Å²) in [5, 5.41) is 3.50. The van der Waals surface area contributed by atoms with Crippen molar-refractivity contribution in [3.05, 3.63) is 23.7 Å². The lowest BCUT2D eigenvalue weighted by atomic mass is 10.2. The van der Waals surface area contributed by atoms with Crippen molar-refractivity contribution >= 4 is 0 Å². The van der Waals surface area contributed by atoms with Crippen LogP contribution in [0.25, 0.3) is 0 Å². The molecule has 0 bridgehead atoms. The van der Waals surface area contributed by atoms with Crippen molar-refractivity contribution in [1.82, 2.24) is 10.2 Å². The Hall–Kier alpha value is -0.840. The van der Waals surface area contributed by atoms with Gasteiger partial charge in [0.15, 0.2) is 0 Å². The van der Waals surface area contributed by atoms with Crippen LogP contribution < -0.4 is 5.32 Å². The highest BCUT2D eigenvalue weighted by molar-refractivity contribution is 5.13. The van der Waals surface area contributed by atoms with E-state index in [1.54, 1.807) is 0 Å². The molecule has 4 nitrogen and oxygen atoms in total. The van der Waals surface area contributed by atoms with Gasteiger partial charge >= 0.3 is 0 Å². The van der Waals surface area contributed by atoms with Crippen LogP contribution in [0, 0.1) is 0 Å². The first-order valence-electron chi connectivity index (χ1n) is 6.93. The van der Waals surface area contributed by atoms with Crippen LogP contribution in [0.4, 0.5) is 0 Å². The van der Waals surface area contributed by atoms with Crippen molar-refractivity contribution in [1.29, 1.82) is 0 Å². The number of nitrogens with zero attached hydrogens (tertiary/aromatic N) is 1. The minimum absolute atomic E-state index is 0.338. The fraction of sp³-hybridized carbons (Fsp3) is 0.714. The number of hydrogen-bond donors (Lipinski definition) is 1. The van der Waals surface area contributed by atoms with E-state index in [0.29, 0.717) is 6.10 Å². The van der Waals surface area contributed by atoms with Gasteiger partial charge in [0.2, 0.25) is 0 Å². The average Bonchev–Trinajstić information content (AvgIpc) is 3.08. The molecule has 2 fully saturated rings. The largest absolute Gasteiger partial charge is 0.468 e. The molecule has 1 atom stereocenters. The molecular weight excluding hydrogens is 228 g/mol. The molecule has 0 amide bonds. The molecule has 2 aliphatic rings. The molecule has 1 N–H and O–H groups in total. The van der Waals surface area contributed by atoms with Gasteiger partial charge in [-0.1, -0.05) is 0 Å². The highest BCUT2D eigenvalue weighted by atomic mass is 16.5. The highest BCUT2D eigenvalue weighted by Gasteiger charge is 2.21. The quantitative estimate of drug-likeness (QED) is 0.864. The number of ether oxygens (including phenoxy) is 1. The number of rotatable bonds is 5. The average molecular weight is 250 g/mol. The molecule has 1 saturated carbocycles. The Bertz CT molecular complexity index is 387. The Kier molecular flexibility index (Phi) is 3.68. The van der Waals surface area contributed by atoms with Gasteiger partial charge < -0.3 is 14.5 Å². The molecular formula is C14H22N2O2. The van der Waals surface area contributed by atoms with E-state index in [-0.39, 0.29) is 0 Å². The van der Waals surface area contributed by atoms with Crippen LogP contribution in [0.5, 0.6) is 0 Å². The molecule has 0 spiro atoms. The summed E-state index contributed by atoms with van der Waals surface area (Å²) in [4.78, 5) is 2.39. The Morgan fingerprint density at radius 3 is 3.11 bits per heavy atom. The second kappa shape index (κ2) is 5.43. The maximum Gasteiger partial charge on any atom is 0.118 e. The molecule has 1 aromatic rings. The summed E-state index contributed by atoms with van der Waals surface area (Å²) in [6.07, 6.45) is 4.88. The molecule has 1 aromatic heterocycles. The van der Waals surface area contributed by atoms with Crippen molar-refractivity contribution in [2.24, 2.45) is 0 Å². The number of nitrogens with one attached hydrogen (secondary N) is 1. The summed E-state index contributed by atoms with van der Waals surface area (Å²) in [5.41, 5.74) is 1.26. The molecule has 1 saturated heterocycles. The third-order valence-electron chi connectivity index (χ3n) is 3.58. The van der Waals surface area contributed by atoms with Gasteiger partial charge in [0.05, 0.1) is 25.5 Å². The van der Waals surface area contributed by atoms with Gasteiger partial charge in [0, 0.05) is 31.2 Å². The van der Waals surface area contributed by atoms with Gasteiger partial charge in [0.25, 0.3) is 0 Å². The molecule has 4 heteroatoms. The van der Waals surface area contributed by atoms with Crippen LogP contribution in [-0.4, -0.2) is 36.7 Å². The van der Waals surface area contributed by atoms with Crippen LogP contribution in [0.2, 0.25) is 0 Å². The first-order valence-corrected chi connectivity index (χ1v) is 6.93. The summed E-state index contributed by atoms with van der Waals surface area (Å²) >= 11 is 0. The summed E-state index contributed by atoms with van der Waals surface area (Å²) in [6.45, 7) is 6.79. The van der Waals surface area contributed by atoms with Gasteiger partial charge in [-0.05, 0) is 25.8 Å². The summed E-state index contributed by atoms with van der Waals surface area (Å²) in [7, 11) is 0. The normalized spacial score (nSPS) is 25.5. The van der Waals surface area contributed by atoms with E-state index in [1.165, 1.54) is 18.4 Å². The van der Waals surface area contributed by atoms with Crippen LogP contribution in [-0.2, 0) is 17.8 Å². The molecule has 3 rings (SSSR count). The highest BCUT2D eigenvalue weighted by Crippen LogP contribution is 2.20. The zero-order valence-electron chi connectivity index (χ0n) is 11.0. The van der Waals surface area contributed by atoms with E-state index in [2.05, 4.69) is 23.2 Å². The van der Waals surface area contributed by atoms with Crippen molar-refractivity contribution in [2.45, 2.75) is 45.0 Å². The van der Waals surface area contributed by atoms with E-state index in [1.807, 2.05) is 6.26 Å². The Balaban J connectivity index is 1.49. The first-order chi connectivity index (χ1) is 8.79. The Morgan fingerprint density at radius 1 is 1.44 bits per heavy atom. The predicted octanol–water partition coefficient (Wildman–Crippen LogP) is 1.75. The fourth-order valence-corrected chi connectivity index (χ4v) is 2.41. The minimum Gasteiger partial charge on any atom is -0.468 e. The topological polar surface area (TPSA) is 37.6 Å². The zero-order chi connectivity index (χ0) is 12.4. The van der Waals surface area contributed by atoms with Crippen molar-refractivity contribution in [3.8, 4) is 0 Å². The summed E-state index contributed by atoms with van der Waals surface area (Å²) in [5.74, 6) is 1.07. The fourth-order valence-electron chi connectivity index (χ4n) is 2.41. The molecule has 18 heavy (non-hydrogen) atoms. The van der Waals surface area contributed by atoms with E-state index in [4.69, 9.17) is 9.15 Å². The Labute approximate surface area is 108 Å². The van der Waals surface area contributed by atoms with E-state index in [0.717, 1.165) is 44.6 Å².